The Bertz CT molecular complexity index is 1060. The van der Waals surface area contributed by atoms with Crippen LogP contribution in [0.3, 0.4) is 0 Å². The van der Waals surface area contributed by atoms with Gasteiger partial charge in [0.05, 0.1) is 6.61 Å². The highest BCUT2D eigenvalue weighted by Gasteiger charge is 2.16. The van der Waals surface area contributed by atoms with E-state index in [1.807, 2.05) is 0 Å². The first-order chi connectivity index (χ1) is 33.1. The van der Waals surface area contributed by atoms with Gasteiger partial charge in [0.2, 0.25) is 0 Å². The van der Waals surface area contributed by atoms with Crippen molar-refractivity contribution in [1.82, 2.24) is 0 Å². The van der Waals surface area contributed by atoms with Crippen molar-refractivity contribution in [2.24, 2.45) is 0 Å². The van der Waals surface area contributed by atoms with E-state index in [9.17, 15) is 14.7 Å². The third kappa shape index (κ3) is 56.6. The summed E-state index contributed by atoms with van der Waals surface area (Å²) in [6.07, 6.45) is 76.0. The molecule has 0 aromatic rings. The summed E-state index contributed by atoms with van der Waals surface area (Å²) in [6.45, 7) is 4.05. The van der Waals surface area contributed by atoms with E-state index in [4.69, 9.17) is 9.47 Å². The first-order valence-corrected chi connectivity index (χ1v) is 30.0. The summed E-state index contributed by atoms with van der Waals surface area (Å²) in [6, 6.07) is 0. The van der Waals surface area contributed by atoms with Gasteiger partial charge in [-0.05, 0) is 44.9 Å². The third-order valence-electron chi connectivity index (χ3n) is 13.7. The molecule has 0 radical (unpaired) electrons. The van der Waals surface area contributed by atoms with Crippen molar-refractivity contribution in [1.29, 1.82) is 0 Å². The summed E-state index contributed by atoms with van der Waals surface area (Å²) in [5.41, 5.74) is 0. The van der Waals surface area contributed by atoms with Crippen molar-refractivity contribution in [3.8, 4) is 0 Å². The first-order valence-electron chi connectivity index (χ1n) is 30.0. The second-order valence-corrected chi connectivity index (χ2v) is 20.4. The Kier molecular flexibility index (Phi) is 56.8. The van der Waals surface area contributed by atoms with Crippen LogP contribution in [0, 0.1) is 0 Å². The van der Waals surface area contributed by atoms with Crippen LogP contribution in [0.5, 0.6) is 0 Å². The van der Waals surface area contributed by atoms with E-state index < -0.39 is 6.10 Å². The quantitative estimate of drug-likeness (QED) is 0.0374. The van der Waals surface area contributed by atoms with Crippen molar-refractivity contribution in [3.05, 3.63) is 36.5 Å². The number of aliphatic hydroxyl groups is 1. The monoisotopic (exact) mass is 941 g/mol. The molecule has 0 bridgehead atoms. The molecule has 0 aromatic heterocycles. The Labute approximate surface area is 418 Å². The van der Waals surface area contributed by atoms with Crippen molar-refractivity contribution in [2.45, 2.75) is 335 Å². The van der Waals surface area contributed by atoms with Gasteiger partial charge in [0.15, 0.2) is 6.10 Å². The Morgan fingerprint density at radius 1 is 0.358 bits per heavy atom. The van der Waals surface area contributed by atoms with Gasteiger partial charge in [-0.1, -0.05) is 307 Å². The molecule has 0 aliphatic rings. The van der Waals surface area contributed by atoms with Gasteiger partial charge in [0, 0.05) is 12.8 Å². The lowest BCUT2D eigenvalue weighted by molar-refractivity contribution is -0.161. The number of hydrogen-bond acceptors (Lipinski definition) is 5. The van der Waals surface area contributed by atoms with E-state index in [-0.39, 0.29) is 25.2 Å². The zero-order valence-electron chi connectivity index (χ0n) is 45.2. The van der Waals surface area contributed by atoms with Crippen LogP contribution in [-0.2, 0) is 19.1 Å². The minimum Gasteiger partial charge on any atom is -0.462 e. The lowest BCUT2D eigenvalue weighted by atomic mass is 10.0. The summed E-state index contributed by atoms with van der Waals surface area (Å²) in [7, 11) is 0. The van der Waals surface area contributed by atoms with E-state index >= 15 is 0 Å². The number of ether oxygens (including phenoxy) is 2. The summed E-state index contributed by atoms with van der Waals surface area (Å²) in [5.74, 6) is -0.597. The topological polar surface area (TPSA) is 72.8 Å². The Morgan fingerprint density at radius 2 is 0.642 bits per heavy atom. The van der Waals surface area contributed by atoms with E-state index in [1.165, 1.54) is 231 Å². The largest absolute Gasteiger partial charge is 0.462 e. The highest BCUT2D eigenvalue weighted by molar-refractivity contribution is 5.70. The second-order valence-electron chi connectivity index (χ2n) is 20.4. The number of rotatable bonds is 56. The number of carbonyl (C=O) groups excluding carboxylic acids is 2. The second kappa shape index (κ2) is 58.4. The molecule has 5 nitrogen and oxygen atoms in total. The van der Waals surface area contributed by atoms with Crippen LogP contribution in [0.1, 0.15) is 328 Å². The highest BCUT2D eigenvalue weighted by atomic mass is 16.6. The van der Waals surface area contributed by atoms with Crippen LogP contribution in [-0.4, -0.2) is 36.4 Å². The third-order valence-corrected chi connectivity index (χ3v) is 13.7. The molecule has 0 saturated carbocycles. The van der Waals surface area contributed by atoms with Crippen LogP contribution in [0.2, 0.25) is 0 Å². The van der Waals surface area contributed by atoms with Gasteiger partial charge in [0.25, 0.3) is 0 Å². The molecule has 0 heterocycles. The zero-order valence-corrected chi connectivity index (χ0v) is 45.2. The van der Waals surface area contributed by atoms with E-state index in [2.05, 4.69) is 50.3 Å². The fourth-order valence-corrected chi connectivity index (χ4v) is 9.22. The van der Waals surface area contributed by atoms with Crippen molar-refractivity contribution in [2.75, 3.05) is 13.2 Å². The number of allylic oxidation sites excluding steroid dienone is 6. The Morgan fingerprint density at radius 3 is 0.970 bits per heavy atom. The average Bonchev–Trinajstić information content (AvgIpc) is 3.33. The van der Waals surface area contributed by atoms with Crippen molar-refractivity contribution in [3.63, 3.8) is 0 Å². The van der Waals surface area contributed by atoms with Gasteiger partial charge in [-0.15, -0.1) is 0 Å². The highest BCUT2D eigenvalue weighted by Crippen LogP contribution is 2.18. The van der Waals surface area contributed by atoms with Crippen LogP contribution in [0.25, 0.3) is 0 Å². The van der Waals surface area contributed by atoms with Gasteiger partial charge >= 0.3 is 11.9 Å². The summed E-state index contributed by atoms with van der Waals surface area (Å²) < 4.78 is 10.7. The predicted molar refractivity (Wildman–Crippen MR) is 293 cm³/mol. The van der Waals surface area contributed by atoms with E-state index in [0.29, 0.717) is 12.8 Å². The molecule has 1 unspecified atom stereocenters. The molecule has 0 rings (SSSR count). The Balaban J connectivity index is 3.35. The van der Waals surface area contributed by atoms with Crippen LogP contribution < -0.4 is 0 Å². The molecule has 0 fully saturated rings. The van der Waals surface area contributed by atoms with Crippen LogP contribution in [0.4, 0.5) is 0 Å². The standard InChI is InChI=1S/C62H116O5/c1-3-5-7-9-11-13-15-17-19-20-21-22-23-24-25-26-27-28-29-30-31-32-33-34-35-36-37-38-39-40-41-43-44-46-48-50-52-54-56-61(64)66-59-60(58-63)67-62(65)57-55-53-51-49-47-45-42-18-16-14-12-10-8-6-4-2/h6,8,12,14,18,42,60,63H,3-5,7,9-11,13,15-17,19-41,43-59H2,1-2H3/b8-6-,14-12-,42-18-. The summed E-state index contributed by atoms with van der Waals surface area (Å²) in [5, 5.41) is 9.62. The number of esters is 2. The molecule has 67 heavy (non-hydrogen) atoms. The Hall–Kier alpha value is -1.88. The minimum absolute atomic E-state index is 0.0694. The number of aliphatic hydroxyl groups excluding tert-OH is 1. The van der Waals surface area contributed by atoms with Gasteiger partial charge < -0.3 is 14.6 Å². The molecule has 0 saturated heterocycles. The van der Waals surface area contributed by atoms with Crippen molar-refractivity contribution >= 4 is 11.9 Å². The van der Waals surface area contributed by atoms with Crippen molar-refractivity contribution < 1.29 is 24.2 Å². The van der Waals surface area contributed by atoms with Gasteiger partial charge in [-0.3, -0.25) is 9.59 Å². The minimum atomic E-state index is -0.779. The van der Waals surface area contributed by atoms with Gasteiger partial charge in [0.1, 0.15) is 6.61 Å². The molecule has 0 aromatic carbocycles. The van der Waals surface area contributed by atoms with Crippen LogP contribution in [0.15, 0.2) is 36.5 Å². The zero-order chi connectivity index (χ0) is 48.5. The average molecular weight is 942 g/mol. The SMILES string of the molecule is CC/C=C\C/C=C\C/C=C\CCCCCCCC(=O)OC(CO)COC(=O)CCCCCCCCCCCCCCCCCCCCCCCCCCCCCCCCCCCCCCCC. The molecular formula is C62H116O5. The molecule has 0 amide bonds. The number of carbonyl (C=O) groups is 2. The fraction of sp³-hybridized carbons (Fsp3) is 0.871. The number of hydrogen-bond donors (Lipinski definition) is 1. The number of unbranched alkanes of at least 4 members (excludes halogenated alkanes) is 42. The predicted octanol–water partition coefficient (Wildman–Crippen LogP) is 20.3. The fourth-order valence-electron chi connectivity index (χ4n) is 9.22. The normalized spacial score (nSPS) is 12.3. The smallest absolute Gasteiger partial charge is 0.306 e. The lowest BCUT2D eigenvalue weighted by Gasteiger charge is -2.15. The van der Waals surface area contributed by atoms with E-state index in [0.717, 1.165) is 70.6 Å². The summed E-state index contributed by atoms with van der Waals surface area (Å²) >= 11 is 0. The van der Waals surface area contributed by atoms with Gasteiger partial charge in [-0.2, -0.15) is 0 Å². The molecule has 5 heteroatoms. The first kappa shape index (κ1) is 65.1. The molecule has 0 aliphatic carbocycles. The summed E-state index contributed by atoms with van der Waals surface area (Å²) in [4.78, 5) is 24.4. The van der Waals surface area contributed by atoms with Crippen LogP contribution >= 0.6 is 0 Å². The lowest BCUT2D eigenvalue weighted by Crippen LogP contribution is -2.28. The maximum atomic E-state index is 12.2. The maximum absolute atomic E-state index is 12.2. The molecule has 0 aliphatic heterocycles. The van der Waals surface area contributed by atoms with Gasteiger partial charge in [-0.25, -0.2) is 0 Å². The molecule has 1 N–H and O–H groups in total. The molecule has 394 valence electrons. The van der Waals surface area contributed by atoms with E-state index in [1.54, 1.807) is 0 Å². The molecule has 0 spiro atoms. The molecular weight excluding hydrogens is 825 g/mol. The molecule has 1 atom stereocenters. The maximum Gasteiger partial charge on any atom is 0.306 e.